The van der Waals surface area contributed by atoms with Gasteiger partial charge in [0.05, 0.1) is 6.54 Å². The molecule has 0 fully saturated rings. The molecule has 1 amide bonds. The van der Waals surface area contributed by atoms with Crippen LogP contribution in [-0.4, -0.2) is 37.1 Å². The van der Waals surface area contributed by atoms with Crippen LogP contribution in [0.5, 0.6) is 0 Å². The van der Waals surface area contributed by atoms with E-state index in [1.54, 1.807) is 29.4 Å². The summed E-state index contributed by atoms with van der Waals surface area (Å²) in [4.78, 5) is 18.2. The molecular formula is C11H13N7O. The minimum atomic E-state index is -0.133. The standard InChI is InChI=1S/C11H13N7O/c12-15-9-3-1-2-8(14-9)11(19)17-4-5-18-7-13-16-10(18)6-17/h1-3,7H,4-6,12H2,(H,14,15). The molecule has 0 spiro atoms. The molecule has 0 radical (unpaired) electrons. The first kappa shape index (κ1) is 11.6. The van der Waals surface area contributed by atoms with Gasteiger partial charge in [0.25, 0.3) is 5.91 Å². The Bertz CT molecular complexity index is 609. The predicted octanol–water partition coefficient (Wildman–Crippen LogP) is -0.385. The third kappa shape index (κ3) is 2.13. The second kappa shape index (κ2) is 4.65. The Hall–Kier alpha value is -2.48. The van der Waals surface area contributed by atoms with Crippen LogP contribution < -0.4 is 11.3 Å². The summed E-state index contributed by atoms with van der Waals surface area (Å²) in [6, 6.07) is 5.11. The lowest BCUT2D eigenvalue weighted by Crippen LogP contribution is -2.38. The number of hydrazine groups is 1. The molecule has 0 aromatic carbocycles. The van der Waals surface area contributed by atoms with Crippen LogP contribution in [0.3, 0.4) is 0 Å². The van der Waals surface area contributed by atoms with E-state index in [0.29, 0.717) is 31.1 Å². The van der Waals surface area contributed by atoms with E-state index in [9.17, 15) is 4.79 Å². The van der Waals surface area contributed by atoms with Gasteiger partial charge in [-0.2, -0.15) is 0 Å². The van der Waals surface area contributed by atoms with Crippen LogP contribution in [0, 0.1) is 0 Å². The lowest BCUT2D eigenvalue weighted by atomic mass is 10.2. The Labute approximate surface area is 109 Å². The summed E-state index contributed by atoms with van der Waals surface area (Å²) in [6.45, 7) is 1.76. The summed E-state index contributed by atoms with van der Waals surface area (Å²) < 4.78 is 1.94. The molecule has 3 N–H and O–H groups in total. The van der Waals surface area contributed by atoms with Crippen molar-refractivity contribution in [1.82, 2.24) is 24.6 Å². The zero-order valence-corrected chi connectivity index (χ0v) is 10.2. The number of carbonyl (C=O) groups is 1. The second-order valence-corrected chi connectivity index (χ2v) is 4.22. The average molecular weight is 259 g/mol. The molecule has 8 heteroatoms. The zero-order chi connectivity index (χ0) is 13.2. The van der Waals surface area contributed by atoms with Crippen LogP contribution in [0.4, 0.5) is 5.82 Å². The molecule has 1 aliphatic heterocycles. The molecule has 0 bridgehead atoms. The maximum absolute atomic E-state index is 12.3. The zero-order valence-electron chi connectivity index (χ0n) is 10.2. The van der Waals surface area contributed by atoms with Gasteiger partial charge in [0, 0.05) is 13.1 Å². The summed E-state index contributed by atoms with van der Waals surface area (Å²) in [5, 5.41) is 7.81. The van der Waals surface area contributed by atoms with Crippen molar-refractivity contribution in [3.8, 4) is 0 Å². The number of pyridine rings is 1. The van der Waals surface area contributed by atoms with E-state index >= 15 is 0 Å². The van der Waals surface area contributed by atoms with Gasteiger partial charge in [-0.25, -0.2) is 10.8 Å². The molecule has 0 atom stereocenters. The number of hydrogen-bond donors (Lipinski definition) is 2. The minimum absolute atomic E-state index is 0.133. The fourth-order valence-electron chi connectivity index (χ4n) is 2.04. The van der Waals surface area contributed by atoms with Gasteiger partial charge in [-0.05, 0) is 12.1 Å². The number of rotatable bonds is 2. The number of nitrogen functional groups attached to an aromatic ring is 1. The van der Waals surface area contributed by atoms with Gasteiger partial charge in [0.15, 0.2) is 5.82 Å². The molecule has 2 aromatic heterocycles. The van der Waals surface area contributed by atoms with Crippen LogP contribution in [0.15, 0.2) is 24.5 Å². The first-order chi connectivity index (χ1) is 9.28. The highest BCUT2D eigenvalue weighted by molar-refractivity contribution is 5.92. The van der Waals surface area contributed by atoms with Crippen molar-refractivity contribution in [2.45, 2.75) is 13.1 Å². The van der Waals surface area contributed by atoms with Gasteiger partial charge < -0.3 is 14.9 Å². The smallest absolute Gasteiger partial charge is 0.273 e. The van der Waals surface area contributed by atoms with E-state index < -0.39 is 0 Å². The lowest BCUT2D eigenvalue weighted by Gasteiger charge is -2.26. The number of fused-ring (bicyclic) bond motifs is 1. The number of nitrogens with two attached hydrogens (primary N) is 1. The van der Waals surface area contributed by atoms with Crippen molar-refractivity contribution in [1.29, 1.82) is 0 Å². The third-order valence-corrected chi connectivity index (χ3v) is 3.04. The molecular weight excluding hydrogens is 246 g/mol. The largest absolute Gasteiger partial charge is 0.328 e. The van der Waals surface area contributed by atoms with Crippen molar-refractivity contribution in [2.24, 2.45) is 5.84 Å². The minimum Gasteiger partial charge on any atom is -0.328 e. The Morgan fingerprint density at radius 1 is 1.37 bits per heavy atom. The van der Waals surface area contributed by atoms with Crippen LogP contribution in [0.25, 0.3) is 0 Å². The molecule has 2 aromatic rings. The summed E-state index contributed by atoms with van der Waals surface area (Å²) in [5.41, 5.74) is 2.79. The first-order valence-electron chi connectivity index (χ1n) is 5.87. The fourth-order valence-corrected chi connectivity index (χ4v) is 2.04. The van der Waals surface area contributed by atoms with Crippen LogP contribution >= 0.6 is 0 Å². The average Bonchev–Trinajstić information content (AvgIpc) is 2.94. The normalized spacial score (nSPS) is 14.1. The molecule has 98 valence electrons. The number of amides is 1. The van der Waals surface area contributed by atoms with E-state index in [1.165, 1.54) is 0 Å². The Morgan fingerprint density at radius 2 is 2.26 bits per heavy atom. The number of carbonyl (C=O) groups excluding carboxylic acids is 1. The van der Waals surface area contributed by atoms with Crippen LogP contribution in [0.1, 0.15) is 16.3 Å². The number of anilines is 1. The summed E-state index contributed by atoms with van der Waals surface area (Å²) in [7, 11) is 0. The Morgan fingerprint density at radius 3 is 3.11 bits per heavy atom. The summed E-state index contributed by atoms with van der Waals surface area (Å²) in [6.07, 6.45) is 1.67. The van der Waals surface area contributed by atoms with Crippen LogP contribution in [-0.2, 0) is 13.1 Å². The monoisotopic (exact) mass is 259 g/mol. The number of hydrogen-bond acceptors (Lipinski definition) is 6. The van der Waals surface area contributed by atoms with Gasteiger partial charge in [-0.1, -0.05) is 6.07 Å². The molecule has 3 rings (SSSR count). The van der Waals surface area contributed by atoms with E-state index in [4.69, 9.17) is 5.84 Å². The molecule has 0 saturated carbocycles. The van der Waals surface area contributed by atoms with E-state index in [-0.39, 0.29) is 5.91 Å². The SMILES string of the molecule is NNc1cccc(C(=O)N2CCn3cnnc3C2)n1. The highest BCUT2D eigenvalue weighted by atomic mass is 16.2. The van der Waals surface area contributed by atoms with Gasteiger partial charge >= 0.3 is 0 Å². The molecule has 0 aliphatic carbocycles. The van der Waals surface area contributed by atoms with Crippen molar-refractivity contribution in [3.05, 3.63) is 36.0 Å². The number of nitrogens with zero attached hydrogens (tertiary/aromatic N) is 5. The van der Waals surface area contributed by atoms with E-state index in [0.717, 1.165) is 5.82 Å². The fraction of sp³-hybridized carbons (Fsp3) is 0.273. The Kier molecular flexibility index (Phi) is 2.84. The third-order valence-electron chi connectivity index (χ3n) is 3.04. The van der Waals surface area contributed by atoms with Crippen molar-refractivity contribution < 1.29 is 4.79 Å². The van der Waals surface area contributed by atoms with Gasteiger partial charge in [0.1, 0.15) is 17.8 Å². The quantitative estimate of drug-likeness (QED) is 0.563. The molecule has 19 heavy (non-hydrogen) atoms. The van der Waals surface area contributed by atoms with Crippen molar-refractivity contribution >= 4 is 11.7 Å². The topological polar surface area (TPSA) is 102 Å². The number of nitrogens with one attached hydrogen (secondary N) is 1. The molecule has 1 aliphatic rings. The molecule has 0 saturated heterocycles. The Balaban J connectivity index is 1.81. The van der Waals surface area contributed by atoms with Crippen molar-refractivity contribution in [2.75, 3.05) is 12.0 Å². The van der Waals surface area contributed by atoms with Gasteiger partial charge in [-0.3, -0.25) is 4.79 Å². The summed E-state index contributed by atoms with van der Waals surface area (Å²) in [5.74, 6) is 6.40. The molecule has 3 heterocycles. The van der Waals surface area contributed by atoms with Gasteiger partial charge in [-0.15, -0.1) is 10.2 Å². The van der Waals surface area contributed by atoms with E-state index in [1.807, 2.05) is 4.57 Å². The highest BCUT2D eigenvalue weighted by Crippen LogP contribution is 2.13. The summed E-state index contributed by atoms with van der Waals surface area (Å²) >= 11 is 0. The van der Waals surface area contributed by atoms with Gasteiger partial charge in [0.2, 0.25) is 0 Å². The maximum Gasteiger partial charge on any atom is 0.273 e. The van der Waals surface area contributed by atoms with E-state index in [2.05, 4.69) is 20.6 Å². The van der Waals surface area contributed by atoms with Crippen LogP contribution in [0.2, 0.25) is 0 Å². The molecule has 8 nitrogen and oxygen atoms in total. The maximum atomic E-state index is 12.3. The lowest BCUT2D eigenvalue weighted by molar-refractivity contribution is 0.0701. The van der Waals surface area contributed by atoms with Crippen molar-refractivity contribution in [3.63, 3.8) is 0 Å². The predicted molar refractivity (Wildman–Crippen MR) is 66.8 cm³/mol. The highest BCUT2D eigenvalue weighted by Gasteiger charge is 2.23. The first-order valence-corrected chi connectivity index (χ1v) is 5.87. The second-order valence-electron chi connectivity index (χ2n) is 4.22. The molecule has 0 unspecified atom stereocenters. The number of aromatic nitrogens is 4.